The highest BCUT2D eigenvalue weighted by Gasteiger charge is 2.22. The zero-order valence-electron chi connectivity index (χ0n) is 27.6. The molecule has 0 fully saturated rings. The van der Waals surface area contributed by atoms with Crippen molar-refractivity contribution in [3.05, 3.63) is 65.7 Å². The van der Waals surface area contributed by atoms with E-state index in [4.69, 9.17) is 9.47 Å². The normalized spacial score (nSPS) is 11.2. The lowest BCUT2D eigenvalue weighted by molar-refractivity contribution is -0.144. The number of hydrogen-bond acceptors (Lipinski definition) is 9. The molecule has 0 bridgehead atoms. The fourth-order valence-corrected chi connectivity index (χ4v) is 3.99. The van der Waals surface area contributed by atoms with Crippen LogP contribution >= 0.6 is 0 Å². The van der Waals surface area contributed by atoms with Crippen molar-refractivity contribution in [3.63, 3.8) is 0 Å². The number of hydrogen-bond donors (Lipinski definition) is 5. The number of ether oxygens (including phenoxy) is 2. The molecule has 14 heteroatoms. The van der Waals surface area contributed by atoms with Gasteiger partial charge in [-0.25, -0.2) is 0 Å². The zero-order valence-corrected chi connectivity index (χ0v) is 27.6. The number of amides is 5. The summed E-state index contributed by atoms with van der Waals surface area (Å²) in [7, 11) is 0. The highest BCUT2D eigenvalue weighted by atomic mass is 16.5. The quantitative estimate of drug-likeness (QED) is 0.0959. The summed E-state index contributed by atoms with van der Waals surface area (Å²) in [5.41, 5.74) is 1.98. The zero-order chi connectivity index (χ0) is 35.3. The van der Waals surface area contributed by atoms with Gasteiger partial charge in [-0.2, -0.15) is 0 Å². The highest BCUT2D eigenvalue weighted by molar-refractivity contribution is 5.96. The van der Waals surface area contributed by atoms with Gasteiger partial charge in [0.2, 0.25) is 29.5 Å². The third kappa shape index (κ3) is 16.5. The molecule has 5 amide bonds. The van der Waals surface area contributed by atoms with Crippen molar-refractivity contribution in [2.75, 3.05) is 38.2 Å². The van der Waals surface area contributed by atoms with Gasteiger partial charge in [0.1, 0.15) is 18.4 Å². The van der Waals surface area contributed by atoms with Gasteiger partial charge in [-0.3, -0.25) is 33.6 Å². The molecular weight excluding hydrogens is 622 g/mol. The Morgan fingerprint density at radius 3 is 1.98 bits per heavy atom. The van der Waals surface area contributed by atoms with Gasteiger partial charge in [0.05, 0.1) is 32.8 Å². The first kappa shape index (κ1) is 39.1. The Hall–Kier alpha value is -5.11. The smallest absolute Gasteiger partial charge is 0.305 e. The lowest BCUT2D eigenvalue weighted by Crippen LogP contribution is -2.52. The minimum absolute atomic E-state index is 0.00193. The van der Waals surface area contributed by atoms with E-state index in [-0.39, 0.29) is 76.3 Å². The number of Topliss-reactive ketones (excluding diaryl/α,β-unsaturated/α-hetero) is 1. The molecule has 0 saturated carbocycles. The molecule has 0 heterocycles. The number of anilines is 1. The van der Waals surface area contributed by atoms with Crippen molar-refractivity contribution in [3.8, 4) is 0 Å². The maximum atomic E-state index is 13.0. The van der Waals surface area contributed by atoms with Crippen LogP contribution in [0.1, 0.15) is 51.2 Å². The van der Waals surface area contributed by atoms with Crippen LogP contribution in [0.25, 0.3) is 0 Å². The van der Waals surface area contributed by atoms with E-state index in [9.17, 15) is 33.6 Å². The topological polar surface area (TPSA) is 198 Å². The Kier molecular flexibility index (Phi) is 17.6. The first-order valence-electron chi connectivity index (χ1n) is 15.8. The van der Waals surface area contributed by atoms with Crippen molar-refractivity contribution < 1.29 is 43.0 Å². The third-order valence-electron chi connectivity index (χ3n) is 6.79. The molecule has 0 spiro atoms. The molecule has 0 saturated heterocycles. The second kappa shape index (κ2) is 21.6. The molecule has 0 aliphatic heterocycles. The first-order valence-corrected chi connectivity index (χ1v) is 15.8. The molecular formula is C34H45N5O9. The molecule has 260 valence electrons. The second-order valence-corrected chi connectivity index (χ2v) is 11.1. The van der Waals surface area contributed by atoms with E-state index < -0.39 is 42.1 Å². The van der Waals surface area contributed by atoms with Gasteiger partial charge in [-0.05, 0) is 23.3 Å². The van der Waals surface area contributed by atoms with E-state index >= 15 is 0 Å². The average molecular weight is 668 g/mol. The van der Waals surface area contributed by atoms with Crippen molar-refractivity contribution >= 4 is 47.0 Å². The third-order valence-corrected chi connectivity index (χ3v) is 6.79. The van der Waals surface area contributed by atoms with Crippen LogP contribution in [0.2, 0.25) is 0 Å². The molecule has 2 aromatic rings. The van der Waals surface area contributed by atoms with Crippen LogP contribution in [0.5, 0.6) is 0 Å². The van der Waals surface area contributed by atoms with Crippen molar-refractivity contribution in [2.24, 2.45) is 5.92 Å². The van der Waals surface area contributed by atoms with Gasteiger partial charge in [-0.1, -0.05) is 63.2 Å². The molecule has 0 aliphatic carbocycles. The van der Waals surface area contributed by atoms with Gasteiger partial charge >= 0.3 is 5.97 Å². The first-order chi connectivity index (χ1) is 23.0. The van der Waals surface area contributed by atoms with Gasteiger partial charge in [0.15, 0.2) is 0 Å². The molecule has 0 unspecified atom stereocenters. The number of rotatable bonds is 21. The van der Waals surface area contributed by atoms with Gasteiger partial charge in [0.25, 0.3) is 0 Å². The van der Waals surface area contributed by atoms with Crippen molar-refractivity contribution in [1.29, 1.82) is 0 Å². The molecule has 0 aliphatic rings. The van der Waals surface area contributed by atoms with E-state index in [1.54, 1.807) is 69.3 Å². The summed E-state index contributed by atoms with van der Waals surface area (Å²) in [4.78, 5) is 85.2. The van der Waals surface area contributed by atoms with Gasteiger partial charge in [-0.15, -0.1) is 0 Å². The molecule has 0 aromatic heterocycles. The molecule has 0 radical (unpaired) electrons. The molecule has 14 nitrogen and oxygen atoms in total. The SMILES string of the molecule is CCC(=O)OCc1ccc(NC(=O)CNC(=O)[C@H](Cc2ccccc2)NC(=O)CNC(=O)CNC(=O)CCOCCC(=O)C(C)C)cc1. The van der Waals surface area contributed by atoms with E-state index in [2.05, 4.69) is 26.6 Å². The summed E-state index contributed by atoms with van der Waals surface area (Å²) in [6.07, 6.45) is 0.671. The Labute approximate surface area is 280 Å². The number of nitrogens with one attached hydrogen (secondary N) is 5. The molecule has 48 heavy (non-hydrogen) atoms. The predicted molar refractivity (Wildman–Crippen MR) is 176 cm³/mol. The van der Waals surface area contributed by atoms with Crippen LogP contribution in [-0.4, -0.2) is 80.2 Å². The Morgan fingerprint density at radius 1 is 0.688 bits per heavy atom. The van der Waals surface area contributed by atoms with Crippen LogP contribution in [0.15, 0.2) is 54.6 Å². The minimum atomic E-state index is -1.05. The number of ketones is 1. The van der Waals surface area contributed by atoms with Gasteiger partial charge in [0, 0.05) is 37.3 Å². The Bertz CT molecular complexity index is 1380. The molecule has 2 aromatic carbocycles. The van der Waals surface area contributed by atoms with Crippen molar-refractivity contribution in [2.45, 2.75) is 59.1 Å². The summed E-state index contributed by atoms with van der Waals surface area (Å²) in [6.45, 7) is 4.55. The fourth-order valence-electron chi connectivity index (χ4n) is 3.99. The average Bonchev–Trinajstić information content (AvgIpc) is 3.08. The lowest BCUT2D eigenvalue weighted by atomic mass is 10.1. The van der Waals surface area contributed by atoms with Crippen LogP contribution in [-0.2, 0) is 56.1 Å². The van der Waals surface area contributed by atoms with E-state index in [0.717, 1.165) is 11.1 Å². The summed E-state index contributed by atoms with van der Waals surface area (Å²) in [5, 5.41) is 12.6. The Morgan fingerprint density at radius 2 is 1.31 bits per heavy atom. The molecule has 2 rings (SSSR count). The largest absolute Gasteiger partial charge is 0.461 e. The van der Waals surface area contributed by atoms with Crippen LogP contribution in [0, 0.1) is 5.92 Å². The highest BCUT2D eigenvalue weighted by Crippen LogP contribution is 2.11. The number of carbonyl (C=O) groups excluding carboxylic acids is 7. The fraction of sp³-hybridized carbons (Fsp3) is 0.441. The summed E-state index contributed by atoms with van der Waals surface area (Å²) in [6, 6.07) is 14.6. The molecule has 1 atom stereocenters. The van der Waals surface area contributed by atoms with Crippen molar-refractivity contribution in [1.82, 2.24) is 21.3 Å². The predicted octanol–water partition coefficient (Wildman–Crippen LogP) is 1.18. The van der Waals surface area contributed by atoms with E-state index in [1.165, 1.54) is 0 Å². The van der Waals surface area contributed by atoms with E-state index in [0.29, 0.717) is 5.69 Å². The summed E-state index contributed by atoms with van der Waals surface area (Å²) >= 11 is 0. The maximum absolute atomic E-state index is 13.0. The van der Waals surface area contributed by atoms with Crippen LogP contribution in [0.4, 0.5) is 5.69 Å². The van der Waals surface area contributed by atoms with Gasteiger partial charge < -0.3 is 36.1 Å². The second-order valence-electron chi connectivity index (χ2n) is 11.1. The minimum Gasteiger partial charge on any atom is -0.461 e. The van der Waals surface area contributed by atoms with Crippen LogP contribution < -0.4 is 26.6 Å². The molecule has 5 N–H and O–H groups in total. The number of carbonyl (C=O) groups is 7. The lowest BCUT2D eigenvalue weighted by Gasteiger charge is -2.19. The standard InChI is InChI=1S/C34H45N5O9/c1-4-33(45)48-22-25-10-12-26(13-11-25)38-31(43)21-37-34(46)27(18-24-8-6-5-7-9-24)39-32(44)20-36-30(42)19-35-29(41)15-17-47-16-14-28(40)23(2)3/h5-13,23,27H,4,14-22H2,1-3H3,(H,35,41)(H,36,42)(H,37,46)(H,38,43)(H,39,44)/t27-/m0/s1. The number of benzene rings is 2. The Balaban J connectivity index is 1.78. The maximum Gasteiger partial charge on any atom is 0.305 e. The van der Waals surface area contributed by atoms with E-state index in [1.807, 2.05) is 6.07 Å². The number of esters is 1. The van der Waals surface area contributed by atoms with Crippen LogP contribution in [0.3, 0.4) is 0 Å². The summed E-state index contributed by atoms with van der Waals surface area (Å²) in [5.74, 6) is -3.12. The summed E-state index contributed by atoms with van der Waals surface area (Å²) < 4.78 is 10.4. The monoisotopic (exact) mass is 667 g/mol.